The van der Waals surface area contributed by atoms with Crippen molar-refractivity contribution in [1.82, 2.24) is 5.32 Å². The molecule has 0 spiro atoms. The summed E-state index contributed by atoms with van der Waals surface area (Å²) in [5.41, 5.74) is 2.42. The number of sulfone groups is 1. The van der Waals surface area contributed by atoms with Gasteiger partial charge in [-0.2, -0.15) is 0 Å². The molecule has 0 unspecified atom stereocenters. The smallest absolute Gasteiger partial charge is 0.254 e. The summed E-state index contributed by atoms with van der Waals surface area (Å²) in [5.74, 6) is -1.56. The molecule has 32 heavy (non-hydrogen) atoms. The predicted octanol–water partition coefficient (Wildman–Crippen LogP) is 4.68. The third-order valence-corrected chi connectivity index (χ3v) is 6.25. The zero-order chi connectivity index (χ0) is 23.5. The normalized spacial score (nSPS) is 18.0. The van der Waals surface area contributed by atoms with Crippen LogP contribution in [-0.4, -0.2) is 33.2 Å². The van der Waals surface area contributed by atoms with Gasteiger partial charge in [0.1, 0.15) is 11.6 Å². The number of carbonyl (C=O) groups excluding carboxylic acids is 1. The highest BCUT2D eigenvalue weighted by Crippen LogP contribution is 2.37. The third kappa shape index (κ3) is 5.94. The van der Waals surface area contributed by atoms with Crippen molar-refractivity contribution in [3.63, 3.8) is 0 Å². The SMILES string of the molecule is Cc1cc(F)ccc1[C@H]1CCCCN1c1ccc(C(=O)N[C@H](C)/C=C/S(C)(=O)=O)c(F)c1. The van der Waals surface area contributed by atoms with Crippen LogP contribution >= 0.6 is 0 Å². The minimum absolute atomic E-state index is 0.00424. The molecule has 1 aliphatic rings. The van der Waals surface area contributed by atoms with Crippen LogP contribution in [0.25, 0.3) is 0 Å². The Kier molecular flexibility index (Phi) is 7.33. The number of nitrogens with zero attached hydrogens (tertiary/aromatic N) is 1. The van der Waals surface area contributed by atoms with Crippen LogP contribution in [-0.2, 0) is 9.84 Å². The van der Waals surface area contributed by atoms with Crippen molar-refractivity contribution < 1.29 is 22.0 Å². The summed E-state index contributed by atoms with van der Waals surface area (Å²) >= 11 is 0. The Morgan fingerprint density at radius 1 is 1.19 bits per heavy atom. The number of rotatable bonds is 6. The zero-order valence-corrected chi connectivity index (χ0v) is 19.3. The number of piperidine rings is 1. The third-order valence-electron chi connectivity index (χ3n) is 5.60. The molecule has 1 N–H and O–H groups in total. The number of hydrogen-bond donors (Lipinski definition) is 1. The number of carbonyl (C=O) groups is 1. The maximum atomic E-state index is 14.9. The van der Waals surface area contributed by atoms with Crippen LogP contribution in [0.3, 0.4) is 0 Å². The fourth-order valence-corrected chi connectivity index (χ4v) is 4.56. The van der Waals surface area contributed by atoms with Crippen molar-refractivity contribution in [2.45, 2.75) is 45.2 Å². The van der Waals surface area contributed by atoms with Crippen LogP contribution in [0, 0.1) is 18.6 Å². The molecule has 1 saturated heterocycles. The van der Waals surface area contributed by atoms with E-state index in [1.165, 1.54) is 30.3 Å². The molecule has 5 nitrogen and oxygen atoms in total. The van der Waals surface area contributed by atoms with E-state index in [1.807, 2.05) is 6.92 Å². The lowest BCUT2D eigenvalue weighted by Gasteiger charge is -2.38. The highest BCUT2D eigenvalue weighted by Gasteiger charge is 2.26. The minimum Gasteiger partial charge on any atom is -0.364 e. The van der Waals surface area contributed by atoms with Crippen LogP contribution in [0.5, 0.6) is 0 Å². The fraction of sp³-hybridized carbons (Fsp3) is 0.375. The second kappa shape index (κ2) is 9.81. The molecule has 1 aliphatic heterocycles. The van der Waals surface area contributed by atoms with Crippen LogP contribution < -0.4 is 10.2 Å². The molecular formula is C24H28F2N2O3S. The van der Waals surface area contributed by atoms with Crippen molar-refractivity contribution in [3.05, 3.63) is 76.2 Å². The van der Waals surface area contributed by atoms with Crippen LogP contribution in [0.4, 0.5) is 14.5 Å². The van der Waals surface area contributed by atoms with E-state index in [0.717, 1.165) is 48.6 Å². The summed E-state index contributed by atoms with van der Waals surface area (Å²) in [7, 11) is -3.31. The topological polar surface area (TPSA) is 66.5 Å². The number of anilines is 1. The number of benzene rings is 2. The molecule has 2 aromatic carbocycles. The first-order valence-corrected chi connectivity index (χ1v) is 12.5. The molecule has 2 atom stereocenters. The van der Waals surface area contributed by atoms with Crippen molar-refractivity contribution in [3.8, 4) is 0 Å². The standard InChI is InChI=1S/C24H28F2N2O3S/c1-16-14-18(25)7-9-20(16)23-6-4-5-12-28(23)19-8-10-21(22(26)15-19)24(29)27-17(2)11-13-32(3,30)31/h7-11,13-15,17,23H,4-6,12H2,1-3H3,(H,27,29)/b13-11+/t17-,23-/m1/s1. The van der Waals surface area contributed by atoms with Crippen LogP contribution in [0.15, 0.2) is 47.9 Å². The van der Waals surface area contributed by atoms with Gasteiger partial charge < -0.3 is 10.2 Å². The lowest BCUT2D eigenvalue weighted by atomic mass is 9.91. The number of nitrogens with one attached hydrogen (secondary N) is 1. The summed E-state index contributed by atoms with van der Waals surface area (Å²) in [4.78, 5) is 14.6. The second-order valence-electron chi connectivity index (χ2n) is 8.29. The molecule has 3 rings (SSSR count). The minimum atomic E-state index is -3.31. The highest BCUT2D eigenvalue weighted by molar-refractivity contribution is 7.93. The molecule has 2 aromatic rings. The number of hydrogen-bond acceptors (Lipinski definition) is 4. The summed E-state index contributed by atoms with van der Waals surface area (Å²) in [6.07, 6.45) is 5.26. The second-order valence-corrected chi connectivity index (χ2v) is 10.2. The van der Waals surface area contributed by atoms with E-state index in [-0.39, 0.29) is 17.4 Å². The Morgan fingerprint density at radius 3 is 2.59 bits per heavy atom. The molecule has 0 aliphatic carbocycles. The maximum absolute atomic E-state index is 14.9. The molecule has 1 fully saturated rings. The molecule has 0 saturated carbocycles. The first kappa shape index (κ1) is 23.9. The Balaban J connectivity index is 1.81. The van der Waals surface area contributed by atoms with Gasteiger partial charge in [-0.15, -0.1) is 0 Å². The molecular weight excluding hydrogens is 434 g/mol. The van der Waals surface area contributed by atoms with E-state index in [9.17, 15) is 22.0 Å². The van der Waals surface area contributed by atoms with Gasteiger partial charge in [0.05, 0.1) is 11.6 Å². The number of halogens is 2. The summed E-state index contributed by atoms with van der Waals surface area (Å²) in [6.45, 7) is 4.22. The van der Waals surface area contributed by atoms with E-state index in [4.69, 9.17) is 0 Å². The van der Waals surface area contributed by atoms with Gasteiger partial charge in [-0.1, -0.05) is 12.1 Å². The lowest BCUT2D eigenvalue weighted by Crippen LogP contribution is -2.34. The van der Waals surface area contributed by atoms with Gasteiger partial charge in [0.15, 0.2) is 9.84 Å². The first-order chi connectivity index (χ1) is 15.0. The predicted molar refractivity (Wildman–Crippen MR) is 122 cm³/mol. The maximum Gasteiger partial charge on any atom is 0.254 e. The molecule has 1 heterocycles. The van der Waals surface area contributed by atoms with Crippen molar-refractivity contribution in [2.24, 2.45) is 0 Å². The fourth-order valence-electron chi connectivity index (χ4n) is 4.04. The highest BCUT2D eigenvalue weighted by atomic mass is 32.2. The van der Waals surface area contributed by atoms with E-state index in [1.54, 1.807) is 19.1 Å². The van der Waals surface area contributed by atoms with Crippen molar-refractivity contribution >= 4 is 21.4 Å². The summed E-state index contributed by atoms with van der Waals surface area (Å²) < 4.78 is 50.9. The summed E-state index contributed by atoms with van der Waals surface area (Å²) in [6, 6.07) is 8.68. The van der Waals surface area contributed by atoms with Crippen LogP contribution in [0.2, 0.25) is 0 Å². The average molecular weight is 463 g/mol. The van der Waals surface area contributed by atoms with Crippen molar-refractivity contribution in [2.75, 3.05) is 17.7 Å². The van der Waals surface area contributed by atoms with Gasteiger partial charge in [0.25, 0.3) is 5.91 Å². The lowest BCUT2D eigenvalue weighted by molar-refractivity contribution is 0.0943. The Bertz CT molecular complexity index is 1130. The molecule has 0 aromatic heterocycles. The Hall–Kier alpha value is -2.74. The molecule has 172 valence electrons. The number of amides is 1. The van der Waals surface area contributed by atoms with Gasteiger partial charge >= 0.3 is 0 Å². The van der Waals surface area contributed by atoms with Crippen LogP contribution in [0.1, 0.15) is 53.7 Å². The summed E-state index contributed by atoms with van der Waals surface area (Å²) in [5, 5.41) is 3.58. The van der Waals surface area contributed by atoms with E-state index < -0.39 is 27.6 Å². The van der Waals surface area contributed by atoms with E-state index in [0.29, 0.717) is 5.69 Å². The van der Waals surface area contributed by atoms with Gasteiger partial charge in [0, 0.05) is 29.9 Å². The van der Waals surface area contributed by atoms with Gasteiger partial charge in [-0.3, -0.25) is 4.79 Å². The first-order valence-electron chi connectivity index (χ1n) is 10.6. The van der Waals surface area contributed by atoms with Gasteiger partial charge in [-0.05, 0) is 74.6 Å². The molecule has 0 bridgehead atoms. The van der Waals surface area contributed by atoms with E-state index in [2.05, 4.69) is 10.2 Å². The average Bonchev–Trinajstić information content (AvgIpc) is 2.72. The Labute approximate surface area is 188 Å². The zero-order valence-electron chi connectivity index (χ0n) is 18.4. The van der Waals surface area contributed by atoms with Gasteiger partial charge in [-0.25, -0.2) is 17.2 Å². The van der Waals surface area contributed by atoms with Crippen molar-refractivity contribution in [1.29, 1.82) is 0 Å². The molecule has 0 radical (unpaired) electrons. The largest absolute Gasteiger partial charge is 0.364 e. The van der Waals surface area contributed by atoms with Gasteiger partial charge in [0.2, 0.25) is 0 Å². The molecule has 8 heteroatoms. The van der Waals surface area contributed by atoms with E-state index >= 15 is 0 Å². The number of aryl methyl sites for hydroxylation is 1. The Morgan fingerprint density at radius 2 is 1.94 bits per heavy atom. The monoisotopic (exact) mass is 462 g/mol. The molecule has 1 amide bonds. The quantitative estimate of drug-likeness (QED) is 0.677.